The Hall–Kier alpha value is -3.90. The Morgan fingerprint density at radius 1 is 1.11 bits per heavy atom. The van der Waals surface area contributed by atoms with E-state index in [-0.39, 0.29) is 12.5 Å². The van der Waals surface area contributed by atoms with Crippen molar-refractivity contribution < 1.29 is 13.6 Å². The zero-order valence-electron chi connectivity index (χ0n) is 19.1. The molecule has 35 heavy (non-hydrogen) atoms. The van der Waals surface area contributed by atoms with Crippen molar-refractivity contribution in [3.63, 3.8) is 0 Å². The molecule has 0 atom stereocenters. The maximum absolute atomic E-state index is 14.5. The van der Waals surface area contributed by atoms with E-state index >= 15 is 0 Å². The first-order chi connectivity index (χ1) is 17.0. The number of amides is 1. The van der Waals surface area contributed by atoms with Gasteiger partial charge < -0.3 is 14.7 Å². The lowest BCUT2D eigenvalue weighted by Crippen LogP contribution is -2.24. The van der Waals surface area contributed by atoms with Crippen LogP contribution in [0.15, 0.2) is 77.7 Å². The molecule has 2 aromatic carbocycles. The van der Waals surface area contributed by atoms with E-state index in [0.717, 1.165) is 40.0 Å². The predicted molar refractivity (Wildman–Crippen MR) is 134 cm³/mol. The molecule has 5 nitrogen and oxygen atoms in total. The number of halogens is 2. The van der Waals surface area contributed by atoms with Crippen LogP contribution in [0.2, 0.25) is 5.02 Å². The standard InChI is InChI=1S/C28H23ClFN3O2/c1-17-22(28(34)33-15-20-13-23-24(29)16-32-27(23)14-25(20)30)8-9-31-26(17)12-19-6-4-18(5-7-19)11-21-3-2-10-35-21/h2-10,13-14,16,32H,11-12,15H2,1H3,(H,33,34). The van der Waals surface area contributed by atoms with Crippen LogP contribution in [0.4, 0.5) is 4.39 Å². The quantitative estimate of drug-likeness (QED) is 0.280. The number of carbonyl (C=O) groups is 1. The largest absolute Gasteiger partial charge is 0.469 e. The van der Waals surface area contributed by atoms with Crippen LogP contribution in [0.1, 0.15) is 44.1 Å². The summed E-state index contributed by atoms with van der Waals surface area (Å²) in [6.45, 7) is 1.94. The highest BCUT2D eigenvalue weighted by atomic mass is 35.5. The summed E-state index contributed by atoms with van der Waals surface area (Å²) in [6.07, 6.45) is 6.26. The Morgan fingerprint density at radius 3 is 2.63 bits per heavy atom. The summed E-state index contributed by atoms with van der Waals surface area (Å²) in [5, 5.41) is 4.05. The van der Waals surface area contributed by atoms with Gasteiger partial charge in [-0.2, -0.15) is 0 Å². The third-order valence-corrected chi connectivity index (χ3v) is 6.46. The normalized spacial score (nSPS) is 11.2. The fourth-order valence-electron chi connectivity index (χ4n) is 4.15. The van der Waals surface area contributed by atoms with Crippen LogP contribution in [0.3, 0.4) is 0 Å². The molecule has 3 heterocycles. The highest BCUT2D eigenvalue weighted by Crippen LogP contribution is 2.26. The van der Waals surface area contributed by atoms with Crippen LogP contribution in [0.25, 0.3) is 10.9 Å². The lowest BCUT2D eigenvalue weighted by Gasteiger charge is -2.12. The summed E-state index contributed by atoms with van der Waals surface area (Å²) in [5.41, 5.74) is 5.39. The first kappa shape index (κ1) is 22.9. The third-order valence-electron chi connectivity index (χ3n) is 6.14. The van der Waals surface area contributed by atoms with Crippen LogP contribution in [0.5, 0.6) is 0 Å². The summed E-state index contributed by atoms with van der Waals surface area (Å²) in [6, 6.07) is 16.9. The van der Waals surface area contributed by atoms with Gasteiger partial charge in [-0.1, -0.05) is 35.9 Å². The topological polar surface area (TPSA) is 70.9 Å². The Kier molecular flexibility index (Phi) is 6.38. The van der Waals surface area contributed by atoms with E-state index in [1.54, 1.807) is 30.8 Å². The lowest BCUT2D eigenvalue weighted by molar-refractivity contribution is 0.0949. The fraction of sp³-hybridized carbons (Fsp3) is 0.143. The summed E-state index contributed by atoms with van der Waals surface area (Å²) >= 11 is 6.15. The van der Waals surface area contributed by atoms with E-state index in [9.17, 15) is 9.18 Å². The number of pyridine rings is 1. The van der Waals surface area contributed by atoms with Gasteiger partial charge in [0, 0.05) is 59.5 Å². The highest BCUT2D eigenvalue weighted by Gasteiger charge is 2.15. The molecule has 0 aliphatic heterocycles. The van der Waals surface area contributed by atoms with Gasteiger partial charge >= 0.3 is 0 Å². The van der Waals surface area contributed by atoms with Crippen molar-refractivity contribution in [3.05, 3.63) is 123 Å². The number of furan rings is 1. The summed E-state index contributed by atoms with van der Waals surface area (Å²) < 4.78 is 19.9. The van der Waals surface area contributed by atoms with E-state index in [4.69, 9.17) is 16.0 Å². The van der Waals surface area contributed by atoms with Crippen LogP contribution in [-0.4, -0.2) is 15.9 Å². The average Bonchev–Trinajstić information content (AvgIpc) is 3.49. The van der Waals surface area contributed by atoms with Crippen molar-refractivity contribution in [1.29, 1.82) is 0 Å². The molecule has 0 bridgehead atoms. The highest BCUT2D eigenvalue weighted by molar-refractivity contribution is 6.35. The van der Waals surface area contributed by atoms with Crippen LogP contribution < -0.4 is 5.32 Å². The van der Waals surface area contributed by atoms with Gasteiger partial charge in [-0.05, 0) is 53.9 Å². The van der Waals surface area contributed by atoms with Gasteiger partial charge in [0.1, 0.15) is 11.6 Å². The van der Waals surface area contributed by atoms with E-state index < -0.39 is 5.82 Å². The van der Waals surface area contributed by atoms with Gasteiger partial charge in [0.15, 0.2) is 0 Å². The number of aromatic nitrogens is 2. The van der Waals surface area contributed by atoms with Crippen LogP contribution >= 0.6 is 11.6 Å². The molecule has 176 valence electrons. The van der Waals surface area contributed by atoms with Crippen molar-refractivity contribution in [2.75, 3.05) is 0 Å². The Balaban J connectivity index is 1.27. The van der Waals surface area contributed by atoms with Crippen molar-refractivity contribution >= 4 is 28.4 Å². The molecule has 5 aromatic rings. The minimum Gasteiger partial charge on any atom is -0.469 e. The number of benzene rings is 2. The molecule has 0 saturated heterocycles. The van der Waals surface area contributed by atoms with Gasteiger partial charge in [-0.25, -0.2) is 4.39 Å². The molecular formula is C28H23ClFN3O2. The molecule has 0 spiro atoms. The number of nitrogens with zero attached hydrogens (tertiary/aromatic N) is 1. The molecule has 5 rings (SSSR count). The Labute approximate surface area is 207 Å². The molecule has 0 radical (unpaired) electrons. The second-order valence-electron chi connectivity index (χ2n) is 8.49. The number of fused-ring (bicyclic) bond motifs is 1. The van der Waals surface area contributed by atoms with Gasteiger partial charge in [-0.15, -0.1) is 0 Å². The van der Waals surface area contributed by atoms with Crippen LogP contribution in [-0.2, 0) is 19.4 Å². The van der Waals surface area contributed by atoms with E-state index in [1.165, 1.54) is 6.07 Å². The Bertz CT molecular complexity index is 1490. The molecule has 0 aliphatic carbocycles. The van der Waals surface area contributed by atoms with Crippen molar-refractivity contribution in [3.8, 4) is 0 Å². The van der Waals surface area contributed by atoms with E-state index in [2.05, 4.69) is 39.6 Å². The smallest absolute Gasteiger partial charge is 0.251 e. The summed E-state index contributed by atoms with van der Waals surface area (Å²) in [4.78, 5) is 20.3. The predicted octanol–water partition coefficient (Wildman–Crippen LogP) is 6.37. The molecule has 2 N–H and O–H groups in total. The summed E-state index contributed by atoms with van der Waals surface area (Å²) in [7, 11) is 0. The maximum Gasteiger partial charge on any atom is 0.251 e. The molecule has 0 aliphatic rings. The number of aromatic amines is 1. The Morgan fingerprint density at radius 2 is 1.89 bits per heavy atom. The van der Waals surface area contributed by atoms with E-state index in [0.29, 0.717) is 28.1 Å². The van der Waals surface area contributed by atoms with Crippen molar-refractivity contribution in [2.24, 2.45) is 0 Å². The van der Waals surface area contributed by atoms with Crippen LogP contribution in [0, 0.1) is 12.7 Å². The molecule has 1 amide bonds. The molecular weight excluding hydrogens is 465 g/mol. The third kappa shape index (κ3) is 4.98. The minimum absolute atomic E-state index is 0.0519. The zero-order valence-corrected chi connectivity index (χ0v) is 19.8. The first-order valence-electron chi connectivity index (χ1n) is 11.3. The van der Waals surface area contributed by atoms with Crippen molar-refractivity contribution in [1.82, 2.24) is 15.3 Å². The molecule has 0 unspecified atom stereocenters. The maximum atomic E-state index is 14.5. The first-order valence-corrected chi connectivity index (χ1v) is 11.6. The monoisotopic (exact) mass is 487 g/mol. The van der Waals surface area contributed by atoms with E-state index in [1.807, 2.05) is 19.1 Å². The van der Waals surface area contributed by atoms with Gasteiger partial charge in [-0.3, -0.25) is 9.78 Å². The minimum atomic E-state index is -0.404. The summed E-state index contributed by atoms with van der Waals surface area (Å²) in [5.74, 6) is 0.239. The average molecular weight is 488 g/mol. The van der Waals surface area contributed by atoms with Gasteiger partial charge in [0.05, 0.1) is 11.3 Å². The van der Waals surface area contributed by atoms with Gasteiger partial charge in [0.25, 0.3) is 5.91 Å². The molecule has 3 aromatic heterocycles. The fourth-order valence-corrected chi connectivity index (χ4v) is 4.36. The number of hydrogen-bond donors (Lipinski definition) is 2. The second kappa shape index (κ2) is 9.76. The SMILES string of the molecule is Cc1c(C(=O)NCc2cc3c(Cl)c[nH]c3cc2F)ccnc1Cc1ccc(Cc2ccco2)cc1. The molecule has 0 saturated carbocycles. The number of carbonyl (C=O) groups excluding carboxylic acids is 1. The number of H-pyrrole nitrogens is 1. The number of hydrogen-bond acceptors (Lipinski definition) is 3. The van der Waals surface area contributed by atoms with Crippen molar-refractivity contribution in [2.45, 2.75) is 26.3 Å². The second-order valence-corrected chi connectivity index (χ2v) is 8.90. The number of rotatable bonds is 7. The van der Waals surface area contributed by atoms with Gasteiger partial charge in [0.2, 0.25) is 0 Å². The molecule has 7 heteroatoms. The molecule has 0 fully saturated rings. The lowest BCUT2D eigenvalue weighted by atomic mass is 10.00. The zero-order chi connectivity index (χ0) is 24.4. The number of nitrogens with one attached hydrogen (secondary N) is 2.